The molecule has 2 heterocycles. The molecule has 0 fully saturated rings. The summed E-state index contributed by atoms with van der Waals surface area (Å²) in [6.07, 6.45) is 3.71. The highest BCUT2D eigenvalue weighted by Crippen LogP contribution is 2.37. The van der Waals surface area contributed by atoms with Gasteiger partial charge in [0.2, 0.25) is 11.8 Å². The molecule has 1 aromatic heterocycles. The smallest absolute Gasteiger partial charge is 0.235 e. The number of amides is 2. The number of fused-ring (bicyclic) bond motifs is 1. The fourth-order valence-corrected chi connectivity index (χ4v) is 2.82. The van der Waals surface area contributed by atoms with Crippen molar-refractivity contribution in [3.63, 3.8) is 0 Å². The third kappa shape index (κ3) is 3.50. The van der Waals surface area contributed by atoms with Crippen molar-refractivity contribution < 1.29 is 14.3 Å². The maximum absolute atomic E-state index is 12.6. The summed E-state index contributed by atoms with van der Waals surface area (Å²) in [5.74, 6) is 0.466. The van der Waals surface area contributed by atoms with Crippen LogP contribution in [0.3, 0.4) is 0 Å². The van der Waals surface area contributed by atoms with Gasteiger partial charge in [-0.15, -0.1) is 0 Å². The summed E-state index contributed by atoms with van der Waals surface area (Å²) >= 11 is 0. The normalized spacial score (nSPS) is 16.0. The minimum absolute atomic E-state index is 0.0231. The second kappa shape index (κ2) is 6.23. The van der Waals surface area contributed by atoms with Gasteiger partial charge in [-0.2, -0.15) is 5.10 Å². The van der Waals surface area contributed by atoms with Crippen LogP contribution in [0.5, 0.6) is 5.75 Å². The zero-order chi connectivity index (χ0) is 18.2. The molecule has 0 radical (unpaired) electrons. The first-order chi connectivity index (χ1) is 11.8. The number of aromatic nitrogens is 2. The summed E-state index contributed by atoms with van der Waals surface area (Å²) in [5, 5.41) is 6.91. The molecule has 2 amide bonds. The number of hydrogen-bond acceptors (Lipinski definition) is 4. The predicted octanol–water partition coefficient (Wildman–Crippen LogP) is 1.98. The van der Waals surface area contributed by atoms with Gasteiger partial charge < -0.3 is 15.0 Å². The second-order valence-electron chi connectivity index (χ2n) is 6.97. The maximum atomic E-state index is 12.6. The molecule has 0 unspecified atom stereocenters. The zero-order valence-corrected chi connectivity index (χ0v) is 14.9. The van der Waals surface area contributed by atoms with Gasteiger partial charge >= 0.3 is 0 Å². The van der Waals surface area contributed by atoms with Gasteiger partial charge in [0.25, 0.3) is 0 Å². The van der Waals surface area contributed by atoms with Crippen LogP contribution in [0, 0.1) is 5.41 Å². The third-order valence-electron chi connectivity index (χ3n) is 4.20. The number of hydrogen-bond donors (Lipinski definition) is 1. The first-order valence-corrected chi connectivity index (χ1v) is 8.09. The fraction of sp³-hybridized carbons (Fsp3) is 0.389. The van der Waals surface area contributed by atoms with Gasteiger partial charge in [0.1, 0.15) is 12.4 Å². The molecular weight excluding hydrogens is 320 g/mol. The molecule has 1 aliphatic rings. The highest BCUT2D eigenvalue weighted by Gasteiger charge is 2.36. The average Bonchev–Trinajstić information content (AvgIpc) is 2.93. The van der Waals surface area contributed by atoms with Gasteiger partial charge in [-0.3, -0.25) is 14.3 Å². The number of carbonyl (C=O) groups is 2. The number of anilines is 2. The summed E-state index contributed by atoms with van der Waals surface area (Å²) in [5.41, 5.74) is 1.51. The van der Waals surface area contributed by atoms with Crippen LogP contribution in [0.2, 0.25) is 0 Å². The number of ether oxygens (including phenoxy) is 1. The van der Waals surface area contributed by atoms with Gasteiger partial charge in [-0.05, 0) is 37.6 Å². The molecule has 2 aromatic rings. The predicted molar refractivity (Wildman–Crippen MR) is 94.7 cm³/mol. The van der Waals surface area contributed by atoms with Crippen LogP contribution in [0.15, 0.2) is 30.6 Å². The summed E-state index contributed by atoms with van der Waals surface area (Å²) < 4.78 is 7.43. The summed E-state index contributed by atoms with van der Waals surface area (Å²) in [6, 6.07) is 5.31. The van der Waals surface area contributed by atoms with Crippen molar-refractivity contribution >= 4 is 23.2 Å². The SMILES string of the molecule is CN1C(=O)C(C)(C)COc2ccc(NC(=O)Cc3cnn(C)c3)cc21. The van der Waals surface area contributed by atoms with Crippen molar-refractivity contribution in [2.24, 2.45) is 12.5 Å². The number of carbonyl (C=O) groups excluding carboxylic acids is 2. The molecule has 3 rings (SSSR count). The standard InChI is InChI=1S/C18H22N4O3/c1-18(2)11-25-15-6-5-13(8-14(15)22(4)17(18)24)20-16(23)7-12-9-19-21(3)10-12/h5-6,8-10H,7,11H2,1-4H3,(H,20,23). The van der Waals surface area contributed by atoms with Crippen molar-refractivity contribution in [1.29, 1.82) is 0 Å². The molecule has 132 valence electrons. The molecule has 7 nitrogen and oxygen atoms in total. The van der Waals surface area contributed by atoms with Gasteiger partial charge in [-0.1, -0.05) is 0 Å². The van der Waals surface area contributed by atoms with Crippen molar-refractivity contribution in [1.82, 2.24) is 9.78 Å². The van der Waals surface area contributed by atoms with Crippen molar-refractivity contribution in [2.45, 2.75) is 20.3 Å². The molecule has 0 saturated heterocycles. The highest BCUT2D eigenvalue weighted by atomic mass is 16.5. The van der Waals surface area contributed by atoms with Crippen LogP contribution in [-0.4, -0.2) is 35.2 Å². The monoisotopic (exact) mass is 342 g/mol. The Hall–Kier alpha value is -2.83. The first kappa shape index (κ1) is 17.0. The Bertz CT molecular complexity index is 825. The highest BCUT2D eigenvalue weighted by molar-refractivity contribution is 6.00. The lowest BCUT2D eigenvalue weighted by molar-refractivity contribution is -0.127. The lowest BCUT2D eigenvalue weighted by atomic mass is 9.93. The van der Waals surface area contributed by atoms with Crippen molar-refractivity contribution in [2.75, 3.05) is 23.9 Å². The maximum Gasteiger partial charge on any atom is 0.235 e. The van der Waals surface area contributed by atoms with E-state index >= 15 is 0 Å². The molecule has 0 saturated carbocycles. The molecule has 1 aromatic carbocycles. The van der Waals surface area contributed by atoms with Gasteiger partial charge in [0.15, 0.2) is 0 Å². The Labute approximate surface area is 146 Å². The van der Waals surface area contributed by atoms with Crippen LogP contribution in [0.4, 0.5) is 11.4 Å². The Morgan fingerprint density at radius 2 is 2.12 bits per heavy atom. The van der Waals surface area contributed by atoms with Crippen LogP contribution >= 0.6 is 0 Å². The molecule has 0 bridgehead atoms. The van der Waals surface area contributed by atoms with Crippen LogP contribution < -0.4 is 15.0 Å². The molecular formula is C18H22N4O3. The minimum atomic E-state index is -0.600. The average molecular weight is 342 g/mol. The number of benzene rings is 1. The topological polar surface area (TPSA) is 76.5 Å². The molecule has 0 spiro atoms. The molecule has 7 heteroatoms. The van der Waals surface area contributed by atoms with Crippen LogP contribution in [-0.2, 0) is 23.1 Å². The van der Waals surface area contributed by atoms with Crippen molar-refractivity contribution in [3.8, 4) is 5.75 Å². The van der Waals surface area contributed by atoms with E-state index in [0.29, 0.717) is 23.7 Å². The van der Waals surface area contributed by atoms with E-state index in [1.54, 1.807) is 47.2 Å². The van der Waals surface area contributed by atoms with E-state index in [2.05, 4.69) is 10.4 Å². The largest absolute Gasteiger partial charge is 0.490 e. The van der Waals surface area contributed by atoms with E-state index < -0.39 is 5.41 Å². The summed E-state index contributed by atoms with van der Waals surface area (Å²) in [4.78, 5) is 26.4. The lowest BCUT2D eigenvalue weighted by Crippen LogP contribution is -2.39. The molecule has 25 heavy (non-hydrogen) atoms. The lowest BCUT2D eigenvalue weighted by Gasteiger charge is -2.24. The fourth-order valence-electron chi connectivity index (χ4n) is 2.82. The Morgan fingerprint density at radius 1 is 1.36 bits per heavy atom. The third-order valence-corrected chi connectivity index (χ3v) is 4.20. The van der Waals surface area contributed by atoms with Gasteiger partial charge in [0.05, 0.1) is 23.7 Å². The van der Waals surface area contributed by atoms with Crippen LogP contribution in [0.25, 0.3) is 0 Å². The Balaban J connectivity index is 1.78. The summed E-state index contributed by atoms with van der Waals surface area (Å²) in [6.45, 7) is 4.03. The molecule has 1 aliphatic heterocycles. The van der Waals surface area contributed by atoms with Crippen molar-refractivity contribution in [3.05, 3.63) is 36.2 Å². The van der Waals surface area contributed by atoms with Gasteiger partial charge in [0, 0.05) is 26.0 Å². The van der Waals surface area contributed by atoms with E-state index in [0.717, 1.165) is 5.56 Å². The molecule has 0 aliphatic carbocycles. The zero-order valence-electron chi connectivity index (χ0n) is 14.9. The first-order valence-electron chi connectivity index (χ1n) is 8.09. The summed E-state index contributed by atoms with van der Waals surface area (Å²) in [7, 11) is 3.53. The molecule has 0 atom stereocenters. The Morgan fingerprint density at radius 3 is 2.80 bits per heavy atom. The van der Waals surface area contributed by atoms with Gasteiger partial charge in [-0.25, -0.2) is 0 Å². The van der Waals surface area contributed by atoms with Crippen LogP contribution in [0.1, 0.15) is 19.4 Å². The number of nitrogens with zero attached hydrogens (tertiary/aromatic N) is 3. The quantitative estimate of drug-likeness (QED) is 0.925. The number of nitrogens with one attached hydrogen (secondary N) is 1. The van der Waals surface area contributed by atoms with E-state index in [9.17, 15) is 9.59 Å². The van der Waals surface area contributed by atoms with E-state index in [1.807, 2.05) is 20.9 Å². The van der Waals surface area contributed by atoms with E-state index in [1.165, 1.54) is 0 Å². The molecule has 1 N–H and O–H groups in total. The number of aryl methyl sites for hydroxylation is 1. The van der Waals surface area contributed by atoms with E-state index in [4.69, 9.17) is 4.74 Å². The second-order valence-corrected chi connectivity index (χ2v) is 6.97. The Kier molecular flexibility index (Phi) is 4.24. The van der Waals surface area contributed by atoms with E-state index in [-0.39, 0.29) is 18.2 Å². The minimum Gasteiger partial charge on any atom is -0.490 e. The number of rotatable bonds is 3.